The van der Waals surface area contributed by atoms with Gasteiger partial charge in [0.1, 0.15) is 4.90 Å². The molecule has 0 amide bonds. The van der Waals surface area contributed by atoms with E-state index in [1.807, 2.05) is 19.9 Å². The topological polar surface area (TPSA) is 54.3 Å². The Labute approximate surface area is 128 Å². The third-order valence-corrected chi connectivity index (χ3v) is 5.98. The lowest BCUT2D eigenvalue weighted by atomic mass is 10.4. The van der Waals surface area contributed by atoms with Crippen molar-refractivity contribution in [3.05, 3.63) is 18.0 Å². The summed E-state index contributed by atoms with van der Waals surface area (Å²) in [4.78, 5) is 0.403. The van der Waals surface area contributed by atoms with Crippen LogP contribution in [0.15, 0.2) is 17.2 Å². The fourth-order valence-electron chi connectivity index (χ4n) is 2.24. The molecule has 21 heavy (non-hydrogen) atoms. The third-order valence-electron chi connectivity index (χ3n) is 3.98. The highest BCUT2D eigenvalue weighted by Crippen LogP contribution is 2.22. The fourth-order valence-corrected chi connectivity index (χ4v) is 3.68. The maximum absolute atomic E-state index is 12.6. The molecule has 0 radical (unpaired) electrons. The van der Waals surface area contributed by atoms with Gasteiger partial charge in [-0.25, -0.2) is 8.42 Å². The molecule has 1 saturated carbocycles. The zero-order valence-corrected chi connectivity index (χ0v) is 14.3. The van der Waals surface area contributed by atoms with Crippen molar-refractivity contribution in [2.75, 3.05) is 7.05 Å². The molecule has 1 aliphatic rings. The largest absolute Gasteiger partial charge is 0.349 e. The molecule has 1 heterocycles. The molecule has 0 unspecified atom stereocenters. The van der Waals surface area contributed by atoms with E-state index >= 15 is 0 Å². The second-order valence-corrected chi connectivity index (χ2v) is 8.13. The zero-order valence-electron chi connectivity index (χ0n) is 13.5. The van der Waals surface area contributed by atoms with Crippen LogP contribution >= 0.6 is 0 Å². The van der Waals surface area contributed by atoms with E-state index in [4.69, 9.17) is 0 Å². The molecule has 120 valence electrons. The quantitative estimate of drug-likeness (QED) is 0.800. The average Bonchev–Trinajstić information content (AvgIpc) is 3.16. The predicted molar refractivity (Wildman–Crippen MR) is 84.7 cm³/mol. The molecule has 0 aliphatic heterocycles. The maximum atomic E-state index is 12.6. The van der Waals surface area contributed by atoms with Crippen LogP contribution in [0.2, 0.25) is 0 Å². The summed E-state index contributed by atoms with van der Waals surface area (Å²) in [5.74, 6) is 0. The van der Waals surface area contributed by atoms with Crippen molar-refractivity contribution < 1.29 is 8.42 Å². The molecular weight excluding hydrogens is 286 g/mol. The van der Waals surface area contributed by atoms with E-state index in [-0.39, 0.29) is 6.04 Å². The third kappa shape index (κ3) is 3.87. The first kappa shape index (κ1) is 16.5. The van der Waals surface area contributed by atoms with Gasteiger partial charge in [0, 0.05) is 44.1 Å². The second kappa shape index (κ2) is 6.50. The molecule has 1 fully saturated rings. The van der Waals surface area contributed by atoms with Gasteiger partial charge in [-0.05, 0) is 39.2 Å². The summed E-state index contributed by atoms with van der Waals surface area (Å²) < 4.78 is 28.7. The van der Waals surface area contributed by atoms with Gasteiger partial charge in [0.2, 0.25) is 10.0 Å². The van der Waals surface area contributed by atoms with Crippen LogP contribution in [0.1, 0.15) is 45.7 Å². The Morgan fingerprint density at radius 3 is 2.62 bits per heavy atom. The first-order valence-electron chi connectivity index (χ1n) is 7.76. The van der Waals surface area contributed by atoms with E-state index in [1.54, 1.807) is 13.2 Å². The van der Waals surface area contributed by atoms with Crippen LogP contribution in [0, 0.1) is 0 Å². The SMILES string of the molecule is CCCn1cc(S(=O)(=O)N(C)C(C)C)cc1CNC1CC1. The van der Waals surface area contributed by atoms with E-state index in [0.29, 0.717) is 10.9 Å². The van der Waals surface area contributed by atoms with Gasteiger partial charge < -0.3 is 9.88 Å². The Kier molecular flexibility index (Phi) is 5.11. The number of hydrogen-bond donors (Lipinski definition) is 1. The smallest absolute Gasteiger partial charge is 0.244 e. The lowest BCUT2D eigenvalue weighted by Crippen LogP contribution is -2.32. The minimum atomic E-state index is -3.40. The molecule has 1 aromatic heterocycles. The summed E-state index contributed by atoms with van der Waals surface area (Å²) in [7, 11) is -1.76. The van der Waals surface area contributed by atoms with Crippen LogP contribution in [0.3, 0.4) is 0 Å². The van der Waals surface area contributed by atoms with E-state index in [9.17, 15) is 8.42 Å². The summed E-state index contributed by atoms with van der Waals surface area (Å²) in [6.07, 6.45) is 5.23. The lowest BCUT2D eigenvalue weighted by Gasteiger charge is -2.19. The summed E-state index contributed by atoms with van der Waals surface area (Å²) in [6.45, 7) is 7.47. The highest BCUT2D eigenvalue weighted by atomic mass is 32.2. The number of rotatable bonds is 8. The van der Waals surface area contributed by atoms with Crippen molar-refractivity contribution in [1.29, 1.82) is 0 Å². The molecule has 1 aliphatic carbocycles. The Balaban J connectivity index is 2.24. The van der Waals surface area contributed by atoms with Gasteiger partial charge in [0.15, 0.2) is 0 Å². The van der Waals surface area contributed by atoms with Gasteiger partial charge in [-0.2, -0.15) is 4.31 Å². The molecule has 1 N–H and O–H groups in total. The van der Waals surface area contributed by atoms with E-state index in [1.165, 1.54) is 17.1 Å². The number of aromatic nitrogens is 1. The molecule has 5 nitrogen and oxygen atoms in total. The maximum Gasteiger partial charge on any atom is 0.244 e. The first-order valence-corrected chi connectivity index (χ1v) is 9.20. The lowest BCUT2D eigenvalue weighted by molar-refractivity contribution is 0.410. The molecule has 0 spiro atoms. The highest BCUT2D eigenvalue weighted by Gasteiger charge is 2.26. The van der Waals surface area contributed by atoms with Crippen LogP contribution in [0.5, 0.6) is 0 Å². The standard InChI is InChI=1S/C15H27N3O2S/c1-5-8-18-11-15(21(19,20)17(4)12(2)3)9-14(18)10-16-13-6-7-13/h9,11-13,16H,5-8,10H2,1-4H3. The normalized spacial score (nSPS) is 16.1. The van der Waals surface area contributed by atoms with Gasteiger partial charge in [-0.3, -0.25) is 0 Å². The van der Waals surface area contributed by atoms with Gasteiger partial charge >= 0.3 is 0 Å². The van der Waals surface area contributed by atoms with Crippen molar-refractivity contribution in [2.45, 2.75) is 70.1 Å². The number of hydrogen-bond acceptors (Lipinski definition) is 3. The Morgan fingerprint density at radius 2 is 2.10 bits per heavy atom. The van der Waals surface area contributed by atoms with Crippen LogP contribution in [0.25, 0.3) is 0 Å². The molecule has 0 bridgehead atoms. The number of nitrogens with zero attached hydrogens (tertiary/aromatic N) is 2. The number of nitrogens with one attached hydrogen (secondary N) is 1. The Bertz CT molecular complexity index is 574. The minimum absolute atomic E-state index is 0.0439. The van der Waals surface area contributed by atoms with E-state index in [2.05, 4.69) is 16.8 Å². The van der Waals surface area contributed by atoms with Gasteiger partial charge in [-0.15, -0.1) is 0 Å². The summed E-state index contributed by atoms with van der Waals surface area (Å²) in [6, 6.07) is 2.39. The van der Waals surface area contributed by atoms with E-state index < -0.39 is 10.0 Å². The molecule has 2 rings (SSSR count). The van der Waals surface area contributed by atoms with Crippen molar-refractivity contribution in [2.24, 2.45) is 0 Å². The molecule has 1 aromatic rings. The Hall–Kier alpha value is -0.850. The first-order chi connectivity index (χ1) is 9.86. The number of aryl methyl sites for hydroxylation is 1. The van der Waals surface area contributed by atoms with Crippen LogP contribution < -0.4 is 5.32 Å². The van der Waals surface area contributed by atoms with Gasteiger partial charge in [0.05, 0.1) is 0 Å². The Morgan fingerprint density at radius 1 is 1.43 bits per heavy atom. The monoisotopic (exact) mass is 313 g/mol. The molecule has 6 heteroatoms. The summed E-state index contributed by atoms with van der Waals surface area (Å²) in [5.41, 5.74) is 1.06. The van der Waals surface area contributed by atoms with Crippen LogP contribution in [-0.4, -0.2) is 36.4 Å². The number of sulfonamides is 1. The van der Waals surface area contributed by atoms with Crippen LogP contribution in [-0.2, 0) is 23.1 Å². The van der Waals surface area contributed by atoms with Crippen LogP contribution in [0.4, 0.5) is 0 Å². The average molecular weight is 313 g/mol. The van der Waals surface area contributed by atoms with E-state index in [0.717, 1.165) is 25.2 Å². The van der Waals surface area contributed by atoms with Gasteiger partial charge in [-0.1, -0.05) is 6.92 Å². The highest BCUT2D eigenvalue weighted by molar-refractivity contribution is 7.89. The summed E-state index contributed by atoms with van der Waals surface area (Å²) in [5, 5.41) is 3.46. The molecule has 0 saturated heterocycles. The molecule has 0 atom stereocenters. The van der Waals surface area contributed by atoms with Crippen molar-refractivity contribution >= 4 is 10.0 Å². The zero-order chi connectivity index (χ0) is 15.6. The fraction of sp³-hybridized carbons (Fsp3) is 0.733. The molecular formula is C15H27N3O2S. The van der Waals surface area contributed by atoms with Crippen molar-refractivity contribution in [3.8, 4) is 0 Å². The van der Waals surface area contributed by atoms with Gasteiger partial charge in [0.25, 0.3) is 0 Å². The van der Waals surface area contributed by atoms with Crippen molar-refractivity contribution in [3.63, 3.8) is 0 Å². The summed E-state index contributed by atoms with van der Waals surface area (Å²) >= 11 is 0. The molecule has 0 aromatic carbocycles. The van der Waals surface area contributed by atoms with Crippen molar-refractivity contribution in [1.82, 2.24) is 14.2 Å². The second-order valence-electron chi connectivity index (χ2n) is 6.13. The predicted octanol–water partition coefficient (Wildman–Crippen LogP) is 2.18. The minimum Gasteiger partial charge on any atom is -0.349 e.